The minimum Gasteiger partial charge on any atom is -0.484 e. The smallest absolute Gasteiger partial charge is 0.143 e. The minimum absolute atomic E-state index is 0.132. The molecule has 1 heterocycles. The highest BCUT2D eigenvalue weighted by Crippen LogP contribution is 2.36. The molecule has 0 amide bonds. The number of fused-ring (bicyclic) bond motifs is 2. The van der Waals surface area contributed by atoms with Gasteiger partial charge in [0.05, 0.1) is 12.2 Å². The molecule has 0 fully saturated rings. The molecule has 0 saturated carbocycles. The van der Waals surface area contributed by atoms with E-state index < -0.39 is 0 Å². The van der Waals surface area contributed by atoms with E-state index in [1.807, 2.05) is 12.1 Å². The van der Waals surface area contributed by atoms with Gasteiger partial charge in [-0.25, -0.2) is 0 Å². The molecule has 1 N–H and O–H groups in total. The summed E-state index contributed by atoms with van der Waals surface area (Å²) in [7, 11) is 0. The Kier molecular flexibility index (Phi) is 4.58. The molecule has 3 aromatic carbocycles. The third kappa shape index (κ3) is 3.41. The normalized spacial score (nSPS) is 20.1. The first kappa shape index (κ1) is 17.0. The van der Waals surface area contributed by atoms with Gasteiger partial charge in [0.15, 0.2) is 0 Å². The summed E-state index contributed by atoms with van der Waals surface area (Å²) in [5.41, 5.74) is 2.43. The van der Waals surface area contributed by atoms with E-state index in [0.717, 1.165) is 30.8 Å². The van der Waals surface area contributed by atoms with Gasteiger partial charge >= 0.3 is 0 Å². The molecule has 1 aliphatic heterocycles. The van der Waals surface area contributed by atoms with Crippen molar-refractivity contribution in [2.75, 3.05) is 11.9 Å². The lowest BCUT2D eigenvalue weighted by molar-refractivity contribution is 0.0823. The van der Waals surface area contributed by atoms with Gasteiger partial charge < -0.3 is 10.1 Å². The SMILES string of the molecule is C[C@@H](CCCC1(C)CNc2ccccc2O1)c1cccc2ccccc12. The highest BCUT2D eigenvalue weighted by atomic mass is 16.5. The number of nitrogens with one attached hydrogen (secondary N) is 1. The molecule has 1 aliphatic rings. The van der Waals surface area contributed by atoms with E-state index in [4.69, 9.17) is 4.74 Å². The van der Waals surface area contributed by atoms with Crippen molar-refractivity contribution in [2.24, 2.45) is 0 Å². The fraction of sp³-hybridized carbons (Fsp3) is 0.333. The third-order valence-corrected chi connectivity index (χ3v) is 5.59. The lowest BCUT2D eigenvalue weighted by Crippen LogP contribution is -2.43. The second-order valence-corrected chi connectivity index (χ2v) is 7.76. The first-order valence-electron chi connectivity index (χ1n) is 9.64. The number of rotatable bonds is 5. The van der Waals surface area contributed by atoms with Gasteiger partial charge in [0, 0.05) is 0 Å². The van der Waals surface area contributed by atoms with Gasteiger partial charge in [-0.15, -0.1) is 0 Å². The average molecular weight is 345 g/mol. The first-order valence-corrected chi connectivity index (χ1v) is 9.64. The highest BCUT2D eigenvalue weighted by Gasteiger charge is 2.30. The Morgan fingerprint density at radius 3 is 2.69 bits per heavy atom. The number of anilines is 1. The van der Waals surface area contributed by atoms with Gasteiger partial charge in [0.1, 0.15) is 11.4 Å². The molecular weight excluding hydrogens is 318 g/mol. The van der Waals surface area contributed by atoms with Crippen LogP contribution in [0.15, 0.2) is 66.7 Å². The fourth-order valence-corrected chi connectivity index (χ4v) is 4.04. The molecule has 2 nitrogen and oxygen atoms in total. The minimum atomic E-state index is -0.132. The molecule has 3 aromatic rings. The molecule has 1 unspecified atom stereocenters. The topological polar surface area (TPSA) is 21.3 Å². The molecule has 2 heteroatoms. The van der Waals surface area contributed by atoms with Gasteiger partial charge in [-0.1, -0.05) is 61.5 Å². The highest BCUT2D eigenvalue weighted by molar-refractivity contribution is 5.86. The van der Waals surface area contributed by atoms with Crippen LogP contribution in [0.1, 0.15) is 44.6 Å². The summed E-state index contributed by atoms with van der Waals surface area (Å²) in [6.45, 7) is 5.44. The predicted octanol–water partition coefficient (Wildman–Crippen LogP) is 6.38. The number of hydrogen-bond donors (Lipinski definition) is 1. The Hall–Kier alpha value is -2.48. The largest absolute Gasteiger partial charge is 0.484 e. The zero-order valence-electron chi connectivity index (χ0n) is 15.7. The molecule has 26 heavy (non-hydrogen) atoms. The van der Waals surface area contributed by atoms with Crippen LogP contribution in [0, 0.1) is 0 Å². The van der Waals surface area contributed by atoms with Crippen LogP contribution in [0.3, 0.4) is 0 Å². The number of ether oxygens (including phenoxy) is 1. The quantitative estimate of drug-likeness (QED) is 0.579. The number of benzene rings is 3. The van der Waals surface area contributed by atoms with Crippen LogP contribution in [0.5, 0.6) is 5.75 Å². The summed E-state index contributed by atoms with van der Waals surface area (Å²) in [5.74, 6) is 1.52. The summed E-state index contributed by atoms with van der Waals surface area (Å²) in [6, 6.07) is 23.6. The Morgan fingerprint density at radius 2 is 1.77 bits per heavy atom. The molecule has 0 bridgehead atoms. The van der Waals surface area contributed by atoms with Crippen LogP contribution >= 0.6 is 0 Å². The van der Waals surface area contributed by atoms with E-state index in [1.165, 1.54) is 22.8 Å². The molecule has 0 radical (unpaired) electrons. The maximum atomic E-state index is 6.31. The Bertz CT molecular complexity index is 898. The van der Waals surface area contributed by atoms with Crippen LogP contribution in [-0.2, 0) is 0 Å². The van der Waals surface area contributed by atoms with E-state index in [1.54, 1.807) is 0 Å². The Balaban J connectivity index is 1.40. The van der Waals surface area contributed by atoms with Crippen LogP contribution in [0.2, 0.25) is 0 Å². The summed E-state index contributed by atoms with van der Waals surface area (Å²) in [4.78, 5) is 0. The molecule has 0 aromatic heterocycles. The first-order chi connectivity index (χ1) is 12.6. The Morgan fingerprint density at radius 1 is 1.00 bits per heavy atom. The monoisotopic (exact) mass is 345 g/mol. The van der Waals surface area contributed by atoms with Gasteiger partial charge in [-0.3, -0.25) is 0 Å². The van der Waals surface area contributed by atoms with Crippen molar-refractivity contribution in [3.05, 3.63) is 72.3 Å². The van der Waals surface area contributed by atoms with Crippen molar-refractivity contribution >= 4 is 16.5 Å². The maximum absolute atomic E-state index is 6.31. The van der Waals surface area contributed by atoms with E-state index in [-0.39, 0.29) is 5.60 Å². The van der Waals surface area contributed by atoms with Crippen molar-refractivity contribution in [1.82, 2.24) is 0 Å². The van der Waals surface area contributed by atoms with E-state index in [2.05, 4.69) is 73.8 Å². The van der Waals surface area contributed by atoms with Crippen LogP contribution in [0.25, 0.3) is 10.8 Å². The predicted molar refractivity (Wildman–Crippen MR) is 110 cm³/mol. The lowest BCUT2D eigenvalue weighted by Gasteiger charge is -2.36. The second-order valence-electron chi connectivity index (χ2n) is 7.76. The molecule has 0 aliphatic carbocycles. The van der Waals surface area contributed by atoms with Crippen molar-refractivity contribution in [2.45, 2.75) is 44.6 Å². The van der Waals surface area contributed by atoms with Crippen molar-refractivity contribution in [1.29, 1.82) is 0 Å². The molecular formula is C24H27NO. The van der Waals surface area contributed by atoms with E-state index in [9.17, 15) is 0 Å². The fourth-order valence-electron chi connectivity index (χ4n) is 4.04. The summed E-state index contributed by atoms with van der Waals surface area (Å²) >= 11 is 0. The lowest BCUT2D eigenvalue weighted by atomic mass is 9.88. The second kappa shape index (κ2) is 7.03. The third-order valence-electron chi connectivity index (χ3n) is 5.59. The van der Waals surface area contributed by atoms with Crippen LogP contribution in [-0.4, -0.2) is 12.1 Å². The van der Waals surface area contributed by atoms with Gasteiger partial charge in [-0.2, -0.15) is 0 Å². The maximum Gasteiger partial charge on any atom is 0.143 e. The van der Waals surface area contributed by atoms with Crippen molar-refractivity contribution in [3.63, 3.8) is 0 Å². The van der Waals surface area contributed by atoms with Crippen molar-refractivity contribution < 1.29 is 4.74 Å². The van der Waals surface area contributed by atoms with Gasteiger partial charge in [0.25, 0.3) is 0 Å². The number of hydrogen-bond acceptors (Lipinski definition) is 2. The van der Waals surface area contributed by atoms with E-state index in [0.29, 0.717) is 5.92 Å². The van der Waals surface area contributed by atoms with Crippen LogP contribution < -0.4 is 10.1 Å². The zero-order chi connectivity index (χ0) is 18.0. The zero-order valence-corrected chi connectivity index (χ0v) is 15.7. The number of para-hydroxylation sites is 2. The molecule has 0 spiro atoms. The summed E-state index contributed by atoms with van der Waals surface area (Å²) in [6.07, 6.45) is 3.39. The van der Waals surface area contributed by atoms with E-state index >= 15 is 0 Å². The summed E-state index contributed by atoms with van der Waals surface area (Å²) in [5, 5.41) is 6.24. The Labute approximate surface area is 156 Å². The molecule has 0 saturated heterocycles. The average Bonchev–Trinajstić information content (AvgIpc) is 2.67. The summed E-state index contributed by atoms with van der Waals surface area (Å²) < 4.78 is 6.31. The van der Waals surface area contributed by atoms with Gasteiger partial charge in [0.2, 0.25) is 0 Å². The van der Waals surface area contributed by atoms with Gasteiger partial charge in [-0.05, 0) is 60.6 Å². The standard InChI is InChI=1S/C24H27NO/c1-18(20-13-7-11-19-10-3-4-12-21(19)20)9-8-16-24(2)17-25-22-14-5-6-15-23(22)26-24/h3-7,10-15,18,25H,8-9,16-17H2,1-2H3/t18-,24?/m0/s1. The molecule has 2 atom stereocenters. The molecule has 134 valence electrons. The van der Waals surface area contributed by atoms with Crippen molar-refractivity contribution in [3.8, 4) is 5.75 Å². The molecule has 4 rings (SSSR count). The van der Waals surface area contributed by atoms with Crippen LogP contribution in [0.4, 0.5) is 5.69 Å².